The minimum absolute atomic E-state index is 0.348. The molecular formula is C14H17BrO3. The number of carbonyl (C=O) groups excluding carboxylic acids is 1. The average Bonchev–Trinajstić information content (AvgIpc) is 2.35. The molecule has 98 valence electrons. The van der Waals surface area contributed by atoms with Gasteiger partial charge in [0.05, 0.1) is 13.2 Å². The summed E-state index contributed by atoms with van der Waals surface area (Å²) in [5, 5.41) is 0. The molecule has 0 unspecified atom stereocenters. The number of hydrogen-bond acceptors (Lipinski definition) is 3. The van der Waals surface area contributed by atoms with E-state index in [2.05, 4.69) is 15.9 Å². The zero-order chi connectivity index (χ0) is 13.4. The quantitative estimate of drug-likeness (QED) is 0.592. The zero-order valence-corrected chi connectivity index (χ0v) is 12.2. The van der Waals surface area contributed by atoms with Crippen LogP contribution in [0.5, 0.6) is 5.75 Å². The van der Waals surface area contributed by atoms with Crippen molar-refractivity contribution in [1.82, 2.24) is 0 Å². The summed E-state index contributed by atoms with van der Waals surface area (Å²) >= 11 is 3.40. The van der Waals surface area contributed by atoms with Crippen molar-refractivity contribution >= 4 is 28.0 Å². The van der Waals surface area contributed by atoms with Crippen LogP contribution in [0.15, 0.2) is 28.7 Å². The van der Waals surface area contributed by atoms with E-state index in [0.717, 1.165) is 22.2 Å². The highest BCUT2D eigenvalue weighted by molar-refractivity contribution is 9.10. The average molecular weight is 313 g/mol. The van der Waals surface area contributed by atoms with Crippen LogP contribution < -0.4 is 4.74 Å². The van der Waals surface area contributed by atoms with Crippen LogP contribution in [0, 0.1) is 0 Å². The van der Waals surface area contributed by atoms with Crippen molar-refractivity contribution < 1.29 is 14.3 Å². The molecule has 0 saturated carbocycles. The molecule has 0 aromatic heterocycles. The minimum atomic E-state index is -0.348. The predicted octanol–water partition coefficient (Wildman–Crippen LogP) is 3.81. The van der Waals surface area contributed by atoms with Gasteiger partial charge in [-0.3, -0.25) is 0 Å². The van der Waals surface area contributed by atoms with Gasteiger partial charge in [-0.1, -0.05) is 22.9 Å². The van der Waals surface area contributed by atoms with Crippen LogP contribution in [0.1, 0.15) is 25.8 Å². The molecule has 3 nitrogen and oxygen atoms in total. The minimum Gasteiger partial charge on any atom is -0.493 e. The highest BCUT2D eigenvalue weighted by Crippen LogP contribution is 2.24. The van der Waals surface area contributed by atoms with E-state index in [4.69, 9.17) is 9.47 Å². The molecule has 0 aliphatic carbocycles. The summed E-state index contributed by atoms with van der Waals surface area (Å²) < 4.78 is 11.4. The van der Waals surface area contributed by atoms with Gasteiger partial charge in [0.15, 0.2) is 0 Å². The van der Waals surface area contributed by atoms with Crippen LogP contribution in [0.4, 0.5) is 0 Å². The molecule has 0 aliphatic heterocycles. The van der Waals surface area contributed by atoms with Crippen molar-refractivity contribution in [2.75, 3.05) is 13.2 Å². The fourth-order valence-corrected chi connectivity index (χ4v) is 1.72. The summed E-state index contributed by atoms with van der Waals surface area (Å²) in [7, 11) is 0. The van der Waals surface area contributed by atoms with Crippen LogP contribution in [-0.2, 0) is 9.53 Å². The van der Waals surface area contributed by atoms with E-state index in [9.17, 15) is 4.79 Å². The molecule has 18 heavy (non-hydrogen) atoms. The Kier molecular flexibility index (Phi) is 6.50. The topological polar surface area (TPSA) is 35.5 Å². The molecule has 1 aromatic rings. The third kappa shape index (κ3) is 4.92. The molecule has 0 bridgehead atoms. The van der Waals surface area contributed by atoms with Crippen molar-refractivity contribution in [2.24, 2.45) is 0 Å². The third-order valence-corrected chi connectivity index (χ3v) is 2.61. The van der Waals surface area contributed by atoms with Gasteiger partial charge in [-0.15, -0.1) is 0 Å². The molecular weight excluding hydrogens is 296 g/mol. The monoisotopic (exact) mass is 312 g/mol. The Morgan fingerprint density at radius 1 is 1.39 bits per heavy atom. The molecule has 0 N–H and O–H groups in total. The van der Waals surface area contributed by atoms with Crippen LogP contribution in [0.3, 0.4) is 0 Å². The Morgan fingerprint density at radius 2 is 2.17 bits per heavy atom. The Labute approximate surface area is 116 Å². The van der Waals surface area contributed by atoms with E-state index in [1.165, 1.54) is 6.08 Å². The Balaban J connectivity index is 2.84. The number of rotatable bonds is 6. The van der Waals surface area contributed by atoms with E-state index >= 15 is 0 Å². The lowest BCUT2D eigenvalue weighted by Gasteiger charge is -2.08. The van der Waals surface area contributed by atoms with Crippen molar-refractivity contribution in [1.29, 1.82) is 0 Å². The van der Waals surface area contributed by atoms with Crippen molar-refractivity contribution in [2.45, 2.75) is 20.3 Å². The highest BCUT2D eigenvalue weighted by Gasteiger charge is 2.03. The van der Waals surface area contributed by atoms with Crippen molar-refractivity contribution in [3.05, 3.63) is 34.3 Å². The van der Waals surface area contributed by atoms with E-state index in [-0.39, 0.29) is 5.97 Å². The zero-order valence-electron chi connectivity index (χ0n) is 10.6. The molecule has 0 spiro atoms. The number of ether oxygens (including phenoxy) is 2. The molecule has 0 radical (unpaired) electrons. The lowest BCUT2D eigenvalue weighted by molar-refractivity contribution is -0.137. The third-order valence-electron chi connectivity index (χ3n) is 2.12. The van der Waals surface area contributed by atoms with Crippen LogP contribution in [0.25, 0.3) is 6.08 Å². The van der Waals surface area contributed by atoms with E-state index < -0.39 is 0 Å². The van der Waals surface area contributed by atoms with Crippen LogP contribution >= 0.6 is 15.9 Å². The number of carbonyl (C=O) groups is 1. The first-order valence-electron chi connectivity index (χ1n) is 5.94. The number of esters is 1. The lowest BCUT2D eigenvalue weighted by Crippen LogP contribution is -1.99. The SMILES string of the molecule is CCCOc1ccc(Br)cc1/C=C/C(=O)OCC. The highest BCUT2D eigenvalue weighted by atomic mass is 79.9. The van der Waals surface area contributed by atoms with Gasteiger partial charge in [0.2, 0.25) is 0 Å². The normalized spacial score (nSPS) is 10.6. The van der Waals surface area contributed by atoms with Gasteiger partial charge >= 0.3 is 5.97 Å². The van der Waals surface area contributed by atoms with Gasteiger partial charge in [-0.05, 0) is 37.6 Å². The van der Waals surface area contributed by atoms with Gasteiger partial charge in [-0.25, -0.2) is 4.79 Å². The maximum absolute atomic E-state index is 11.3. The molecule has 1 aromatic carbocycles. The molecule has 0 fully saturated rings. The van der Waals surface area contributed by atoms with Gasteiger partial charge in [0.1, 0.15) is 5.75 Å². The predicted molar refractivity (Wildman–Crippen MR) is 75.6 cm³/mol. The molecule has 4 heteroatoms. The van der Waals surface area contributed by atoms with E-state index in [1.54, 1.807) is 13.0 Å². The number of benzene rings is 1. The van der Waals surface area contributed by atoms with Crippen molar-refractivity contribution in [3.8, 4) is 5.75 Å². The first kappa shape index (κ1) is 14.8. The molecule has 0 saturated heterocycles. The molecule has 0 atom stereocenters. The molecule has 0 aliphatic rings. The maximum Gasteiger partial charge on any atom is 0.330 e. The fourth-order valence-electron chi connectivity index (χ4n) is 1.34. The standard InChI is InChI=1S/C14H17BrO3/c1-3-9-18-13-7-6-12(15)10-11(13)5-8-14(16)17-4-2/h5-8,10H,3-4,9H2,1-2H3/b8-5+. The summed E-state index contributed by atoms with van der Waals surface area (Å²) in [4.78, 5) is 11.3. The van der Waals surface area contributed by atoms with Gasteiger partial charge < -0.3 is 9.47 Å². The molecule has 1 rings (SSSR count). The number of halogens is 1. The maximum atomic E-state index is 11.3. The van der Waals surface area contributed by atoms with E-state index in [1.807, 2.05) is 25.1 Å². The lowest BCUT2D eigenvalue weighted by atomic mass is 10.2. The Bertz CT molecular complexity index is 427. The summed E-state index contributed by atoms with van der Waals surface area (Å²) in [6, 6.07) is 5.69. The summed E-state index contributed by atoms with van der Waals surface area (Å²) in [6.45, 7) is 4.86. The van der Waals surface area contributed by atoms with Gasteiger partial charge in [-0.2, -0.15) is 0 Å². The van der Waals surface area contributed by atoms with Crippen molar-refractivity contribution in [3.63, 3.8) is 0 Å². The first-order chi connectivity index (χ1) is 8.67. The summed E-state index contributed by atoms with van der Waals surface area (Å²) in [5.74, 6) is 0.416. The summed E-state index contributed by atoms with van der Waals surface area (Å²) in [6.07, 6.45) is 4.05. The second kappa shape index (κ2) is 7.93. The molecule has 0 amide bonds. The second-order valence-corrected chi connectivity index (χ2v) is 4.53. The smallest absolute Gasteiger partial charge is 0.330 e. The summed E-state index contributed by atoms with van der Waals surface area (Å²) in [5.41, 5.74) is 0.853. The first-order valence-corrected chi connectivity index (χ1v) is 6.73. The van der Waals surface area contributed by atoms with E-state index in [0.29, 0.717) is 13.2 Å². The van der Waals surface area contributed by atoms with Crippen LogP contribution in [-0.4, -0.2) is 19.2 Å². The number of hydrogen-bond donors (Lipinski definition) is 0. The fraction of sp³-hybridized carbons (Fsp3) is 0.357. The van der Waals surface area contributed by atoms with Gasteiger partial charge in [0.25, 0.3) is 0 Å². The Morgan fingerprint density at radius 3 is 2.83 bits per heavy atom. The second-order valence-electron chi connectivity index (χ2n) is 3.62. The van der Waals surface area contributed by atoms with Crippen LogP contribution in [0.2, 0.25) is 0 Å². The largest absolute Gasteiger partial charge is 0.493 e. The molecule has 0 heterocycles. The Hall–Kier alpha value is -1.29. The van der Waals surface area contributed by atoms with Gasteiger partial charge in [0, 0.05) is 16.1 Å².